The van der Waals surface area contributed by atoms with Crippen molar-refractivity contribution in [1.29, 1.82) is 0 Å². The maximum atomic E-state index is 12.3. The molecule has 1 aromatic carbocycles. The molecule has 94 valence electrons. The number of benzene rings is 1. The number of halogens is 1. The lowest BCUT2D eigenvalue weighted by atomic mass is 9.98. The van der Waals surface area contributed by atoms with Crippen LogP contribution in [0.15, 0.2) is 53.5 Å². The Hall–Kier alpha value is -1.35. The van der Waals surface area contributed by atoms with E-state index in [4.69, 9.17) is 0 Å². The van der Waals surface area contributed by atoms with Gasteiger partial charge in [0.2, 0.25) is 0 Å². The molecule has 0 saturated carbocycles. The molecule has 0 aliphatic carbocycles. The van der Waals surface area contributed by atoms with Crippen molar-refractivity contribution in [1.82, 2.24) is 4.90 Å². The van der Waals surface area contributed by atoms with Gasteiger partial charge in [-0.3, -0.25) is 4.79 Å². The smallest absolute Gasteiger partial charge is 0.251 e. The molecule has 1 saturated heterocycles. The monoisotopic (exact) mass is 305 g/mol. The summed E-state index contributed by atoms with van der Waals surface area (Å²) in [4.78, 5) is 15.9. The summed E-state index contributed by atoms with van der Waals surface area (Å²) in [5.41, 5.74) is 1.93. The van der Waals surface area contributed by atoms with Crippen molar-refractivity contribution in [2.45, 2.75) is 19.5 Å². The van der Waals surface area contributed by atoms with Gasteiger partial charge in [-0.05, 0) is 17.5 Å². The standard InChI is InChI=1S/C15H16BrNO/c1-3-13-11(2)17(15(18)14(13)9-16)10-12-7-5-4-6-8-12/h3-9,11,13H,1,10H2,2H3/b14-9-/t11-,13-/m1/s1. The van der Waals surface area contributed by atoms with Gasteiger partial charge in [0.05, 0.1) is 0 Å². The highest BCUT2D eigenvalue weighted by molar-refractivity contribution is 9.11. The van der Waals surface area contributed by atoms with Crippen LogP contribution < -0.4 is 0 Å². The molecular weight excluding hydrogens is 290 g/mol. The Morgan fingerprint density at radius 1 is 1.39 bits per heavy atom. The minimum Gasteiger partial charge on any atom is -0.331 e. The van der Waals surface area contributed by atoms with Crippen LogP contribution in [0.4, 0.5) is 0 Å². The Morgan fingerprint density at radius 2 is 2.06 bits per heavy atom. The molecule has 0 radical (unpaired) electrons. The Balaban J connectivity index is 2.24. The first-order valence-electron chi connectivity index (χ1n) is 5.96. The summed E-state index contributed by atoms with van der Waals surface area (Å²) >= 11 is 3.28. The Labute approximate surface area is 116 Å². The summed E-state index contributed by atoms with van der Waals surface area (Å²) < 4.78 is 0. The molecule has 2 nitrogen and oxygen atoms in total. The number of hydrogen-bond acceptors (Lipinski definition) is 1. The van der Waals surface area contributed by atoms with Crippen molar-refractivity contribution in [3.63, 3.8) is 0 Å². The number of hydrogen-bond donors (Lipinski definition) is 0. The maximum absolute atomic E-state index is 12.3. The van der Waals surface area contributed by atoms with Gasteiger partial charge in [-0.2, -0.15) is 0 Å². The predicted octanol–water partition coefficient (Wildman–Crippen LogP) is 3.50. The third-order valence-corrected chi connectivity index (χ3v) is 3.94. The Morgan fingerprint density at radius 3 is 2.56 bits per heavy atom. The van der Waals surface area contributed by atoms with Crippen LogP contribution in [-0.4, -0.2) is 16.8 Å². The number of amides is 1. The highest BCUT2D eigenvalue weighted by Crippen LogP contribution is 2.33. The van der Waals surface area contributed by atoms with E-state index in [-0.39, 0.29) is 17.9 Å². The lowest BCUT2D eigenvalue weighted by Gasteiger charge is -2.23. The molecule has 1 heterocycles. The zero-order chi connectivity index (χ0) is 13.1. The van der Waals surface area contributed by atoms with Gasteiger partial charge in [-0.25, -0.2) is 0 Å². The largest absolute Gasteiger partial charge is 0.331 e. The van der Waals surface area contributed by atoms with Crippen LogP contribution in [0.1, 0.15) is 12.5 Å². The van der Waals surface area contributed by atoms with E-state index in [1.54, 1.807) is 4.99 Å². The highest BCUT2D eigenvalue weighted by atomic mass is 79.9. The second-order valence-electron chi connectivity index (χ2n) is 4.49. The molecule has 0 unspecified atom stereocenters. The van der Waals surface area contributed by atoms with Crippen molar-refractivity contribution in [2.75, 3.05) is 0 Å². The quantitative estimate of drug-likeness (QED) is 0.618. The van der Waals surface area contributed by atoms with E-state index in [0.29, 0.717) is 6.54 Å². The predicted molar refractivity (Wildman–Crippen MR) is 77.2 cm³/mol. The van der Waals surface area contributed by atoms with Crippen molar-refractivity contribution in [3.05, 3.63) is 59.1 Å². The molecule has 0 N–H and O–H groups in total. The van der Waals surface area contributed by atoms with Crippen LogP contribution in [-0.2, 0) is 11.3 Å². The van der Waals surface area contributed by atoms with Gasteiger partial charge in [0.15, 0.2) is 0 Å². The van der Waals surface area contributed by atoms with Crippen LogP contribution in [0, 0.1) is 5.92 Å². The minimum absolute atomic E-state index is 0.0909. The van der Waals surface area contributed by atoms with Crippen molar-refractivity contribution >= 4 is 21.8 Å². The highest BCUT2D eigenvalue weighted by Gasteiger charge is 2.39. The zero-order valence-corrected chi connectivity index (χ0v) is 11.9. The number of rotatable bonds is 3. The molecule has 1 aliphatic heterocycles. The fourth-order valence-corrected chi connectivity index (χ4v) is 2.89. The summed E-state index contributed by atoms with van der Waals surface area (Å²) in [6.45, 7) is 6.54. The first-order chi connectivity index (χ1) is 8.69. The summed E-state index contributed by atoms with van der Waals surface area (Å²) in [6, 6.07) is 10.2. The van der Waals surface area contributed by atoms with Gasteiger partial charge in [0.1, 0.15) is 0 Å². The summed E-state index contributed by atoms with van der Waals surface area (Å²) in [5.74, 6) is 0.189. The molecule has 0 aromatic heterocycles. The topological polar surface area (TPSA) is 20.3 Å². The molecule has 0 spiro atoms. The van der Waals surface area contributed by atoms with E-state index in [2.05, 4.69) is 29.4 Å². The van der Waals surface area contributed by atoms with E-state index in [1.807, 2.05) is 41.3 Å². The Kier molecular flexibility index (Phi) is 4.02. The molecule has 1 amide bonds. The molecule has 2 atom stereocenters. The third kappa shape index (κ3) is 2.27. The van der Waals surface area contributed by atoms with Crippen molar-refractivity contribution in [3.8, 4) is 0 Å². The van der Waals surface area contributed by atoms with E-state index in [1.165, 1.54) is 0 Å². The third-order valence-electron chi connectivity index (χ3n) is 3.45. The van der Waals surface area contributed by atoms with Gasteiger partial charge in [-0.1, -0.05) is 52.3 Å². The number of carbonyl (C=O) groups excluding carboxylic acids is 1. The van der Waals surface area contributed by atoms with Crippen LogP contribution in [0.5, 0.6) is 0 Å². The first-order valence-corrected chi connectivity index (χ1v) is 6.88. The second kappa shape index (κ2) is 5.53. The van der Waals surface area contributed by atoms with Crippen LogP contribution in [0.2, 0.25) is 0 Å². The normalized spacial score (nSPS) is 25.8. The second-order valence-corrected chi connectivity index (χ2v) is 4.94. The maximum Gasteiger partial charge on any atom is 0.251 e. The van der Waals surface area contributed by atoms with E-state index in [0.717, 1.165) is 11.1 Å². The van der Waals surface area contributed by atoms with Gasteiger partial charge >= 0.3 is 0 Å². The van der Waals surface area contributed by atoms with Gasteiger partial charge < -0.3 is 4.90 Å². The Bertz CT molecular complexity index is 481. The van der Waals surface area contributed by atoms with Crippen molar-refractivity contribution in [2.24, 2.45) is 5.92 Å². The zero-order valence-electron chi connectivity index (χ0n) is 10.3. The van der Waals surface area contributed by atoms with Gasteiger partial charge in [0.25, 0.3) is 5.91 Å². The minimum atomic E-state index is 0.0909. The average Bonchev–Trinajstić information content (AvgIpc) is 2.63. The van der Waals surface area contributed by atoms with Crippen LogP contribution in [0.3, 0.4) is 0 Å². The molecule has 3 heteroatoms. The fraction of sp³-hybridized carbons (Fsp3) is 0.267. The summed E-state index contributed by atoms with van der Waals surface area (Å²) in [5, 5.41) is 0. The average molecular weight is 306 g/mol. The van der Waals surface area contributed by atoms with E-state index >= 15 is 0 Å². The first kappa shape index (κ1) is 13.1. The van der Waals surface area contributed by atoms with Crippen molar-refractivity contribution < 1.29 is 4.79 Å². The lowest BCUT2D eigenvalue weighted by molar-refractivity contribution is -0.126. The molecule has 1 aliphatic rings. The molecular formula is C15H16BrNO. The van der Waals surface area contributed by atoms with Gasteiger partial charge in [0, 0.05) is 24.1 Å². The fourth-order valence-electron chi connectivity index (χ4n) is 2.39. The summed E-state index contributed by atoms with van der Waals surface area (Å²) in [7, 11) is 0. The molecule has 1 fully saturated rings. The number of likely N-dealkylation sites (tertiary alicyclic amines) is 1. The molecule has 18 heavy (non-hydrogen) atoms. The number of nitrogens with zero attached hydrogens (tertiary/aromatic N) is 1. The molecule has 1 aromatic rings. The van der Waals surface area contributed by atoms with Crippen LogP contribution in [0.25, 0.3) is 0 Å². The molecule has 0 bridgehead atoms. The van der Waals surface area contributed by atoms with Crippen LogP contribution >= 0.6 is 15.9 Å². The number of carbonyl (C=O) groups is 1. The van der Waals surface area contributed by atoms with E-state index < -0.39 is 0 Å². The molecule has 2 rings (SSSR count). The SMILES string of the molecule is C=C[C@H]1/C(=C/Br)C(=O)N(Cc2ccccc2)[C@@H]1C. The lowest BCUT2D eigenvalue weighted by Crippen LogP contribution is -2.32. The van der Waals surface area contributed by atoms with E-state index in [9.17, 15) is 4.79 Å². The van der Waals surface area contributed by atoms with Gasteiger partial charge in [-0.15, -0.1) is 6.58 Å². The summed E-state index contributed by atoms with van der Waals surface area (Å²) in [6.07, 6.45) is 1.85.